The highest BCUT2D eigenvalue weighted by molar-refractivity contribution is 5.95. The van der Waals surface area contributed by atoms with Crippen LogP contribution in [0, 0.1) is 0 Å². The van der Waals surface area contributed by atoms with Crippen molar-refractivity contribution in [2.24, 2.45) is 0 Å². The second-order valence-corrected chi connectivity index (χ2v) is 5.28. The maximum Gasteiger partial charge on any atom is 0.251 e. The molecular formula is C18H22N2O4. The molecule has 0 saturated heterocycles. The summed E-state index contributed by atoms with van der Waals surface area (Å²) in [6, 6.07) is 10.2. The minimum Gasteiger partial charge on any atom is -0.493 e. The fraction of sp³-hybridized carbons (Fsp3) is 0.278. The average molecular weight is 330 g/mol. The Kier molecular flexibility index (Phi) is 5.52. The van der Waals surface area contributed by atoms with Crippen LogP contribution in [0.25, 0.3) is 0 Å². The van der Waals surface area contributed by atoms with E-state index in [0.717, 1.165) is 5.56 Å². The van der Waals surface area contributed by atoms with Gasteiger partial charge in [0, 0.05) is 11.3 Å². The molecule has 2 aromatic rings. The lowest BCUT2D eigenvalue weighted by molar-refractivity contribution is 0.0940. The van der Waals surface area contributed by atoms with E-state index >= 15 is 0 Å². The third-order valence-electron chi connectivity index (χ3n) is 3.68. The van der Waals surface area contributed by atoms with Crippen molar-refractivity contribution < 1.29 is 19.0 Å². The maximum atomic E-state index is 12.4. The zero-order chi connectivity index (χ0) is 17.7. The summed E-state index contributed by atoms with van der Waals surface area (Å²) in [5.41, 5.74) is 7.61. The van der Waals surface area contributed by atoms with Crippen molar-refractivity contribution in [2.75, 3.05) is 27.1 Å². The Morgan fingerprint density at radius 3 is 2.17 bits per heavy atom. The van der Waals surface area contributed by atoms with E-state index in [1.807, 2.05) is 19.1 Å². The van der Waals surface area contributed by atoms with Crippen LogP contribution in [0.3, 0.4) is 0 Å². The standard InChI is InChI=1S/C18H22N2O4/c1-11(20-18(21)12-6-5-7-14(19)8-12)13-9-15(22-2)17(24-4)16(10-13)23-3/h5-11H,19H2,1-4H3,(H,20,21). The van der Waals surface area contributed by atoms with Gasteiger partial charge in [-0.15, -0.1) is 0 Å². The number of carbonyl (C=O) groups excluding carboxylic acids is 1. The molecule has 0 saturated carbocycles. The van der Waals surface area contributed by atoms with Gasteiger partial charge in [0.2, 0.25) is 5.75 Å². The molecule has 128 valence electrons. The van der Waals surface area contributed by atoms with E-state index in [4.69, 9.17) is 19.9 Å². The topological polar surface area (TPSA) is 82.8 Å². The Labute approximate surface area is 141 Å². The molecular weight excluding hydrogens is 308 g/mol. The molecule has 0 fully saturated rings. The lowest BCUT2D eigenvalue weighted by Crippen LogP contribution is -2.26. The average Bonchev–Trinajstić information content (AvgIpc) is 2.60. The lowest BCUT2D eigenvalue weighted by atomic mass is 10.1. The number of nitrogen functional groups attached to an aromatic ring is 1. The lowest BCUT2D eigenvalue weighted by Gasteiger charge is -2.19. The summed E-state index contributed by atoms with van der Waals surface area (Å²) in [6.07, 6.45) is 0. The number of methoxy groups -OCH3 is 3. The van der Waals surface area contributed by atoms with Crippen molar-refractivity contribution >= 4 is 11.6 Å². The first-order valence-electron chi connectivity index (χ1n) is 7.46. The van der Waals surface area contributed by atoms with Gasteiger partial charge in [0.25, 0.3) is 5.91 Å². The normalized spacial score (nSPS) is 11.5. The monoisotopic (exact) mass is 330 g/mol. The highest BCUT2D eigenvalue weighted by atomic mass is 16.5. The fourth-order valence-corrected chi connectivity index (χ4v) is 2.39. The molecule has 24 heavy (non-hydrogen) atoms. The maximum absolute atomic E-state index is 12.4. The van der Waals surface area contributed by atoms with E-state index in [1.54, 1.807) is 45.6 Å². The predicted molar refractivity (Wildman–Crippen MR) is 92.8 cm³/mol. The number of amides is 1. The van der Waals surface area contributed by atoms with E-state index in [1.165, 1.54) is 0 Å². The van der Waals surface area contributed by atoms with Crippen LogP contribution in [-0.4, -0.2) is 27.2 Å². The first-order valence-corrected chi connectivity index (χ1v) is 7.46. The summed E-state index contributed by atoms with van der Waals surface area (Å²) in [5, 5.41) is 2.93. The number of anilines is 1. The van der Waals surface area contributed by atoms with Gasteiger partial charge in [-0.3, -0.25) is 4.79 Å². The number of ether oxygens (including phenoxy) is 3. The van der Waals surface area contributed by atoms with Crippen LogP contribution >= 0.6 is 0 Å². The third-order valence-corrected chi connectivity index (χ3v) is 3.68. The van der Waals surface area contributed by atoms with Gasteiger partial charge < -0.3 is 25.3 Å². The molecule has 0 aliphatic carbocycles. The Bertz CT molecular complexity index is 706. The van der Waals surface area contributed by atoms with Gasteiger partial charge in [0.05, 0.1) is 27.4 Å². The second-order valence-electron chi connectivity index (χ2n) is 5.28. The highest BCUT2D eigenvalue weighted by Gasteiger charge is 2.18. The van der Waals surface area contributed by atoms with Crippen LogP contribution in [0.4, 0.5) is 5.69 Å². The zero-order valence-electron chi connectivity index (χ0n) is 14.3. The quantitative estimate of drug-likeness (QED) is 0.796. The summed E-state index contributed by atoms with van der Waals surface area (Å²) < 4.78 is 16.0. The number of nitrogens with one attached hydrogen (secondary N) is 1. The van der Waals surface area contributed by atoms with Gasteiger partial charge in [-0.2, -0.15) is 0 Å². The first-order chi connectivity index (χ1) is 11.5. The van der Waals surface area contributed by atoms with Gasteiger partial charge in [-0.1, -0.05) is 6.07 Å². The predicted octanol–water partition coefficient (Wildman–Crippen LogP) is 2.79. The number of nitrogens with two attached hydrogens (primary N) is 1. The molecule has 1 amide bonds. The molecule has 1 atom stereocenters. The minimum atomic E-state index is -0.257. The summed E-state index contributed by atoms with van der Waals surface area (Å²) in [7, 11) is 4.65. The van der Waals surface area contributed by atoms with Crippen LogP contribution in [0.5, 0.6) is 17.2 Å². The van der Waals surface area contributed by atoms with Gasteiger partial charge in [0.15, 0.2) is 11.5 Å². The van der Waals surface area contributed by atoms with Gasteiger partial charge in [-0.25, -0.2) is 0 Å². The van der Waals surface area contributed by atoms with Gasteiger partial charge in [-0.05, 0) is 42.8 Å². The highest BCUT2D eigenvalue weighted by Crippen LogP contribution is 2.39. The van der Waals surface area contributed by atoms with E-state index in [9.17, 15) is 4.79 Å². The van der Waals surface area contributed by atoms with E-state index in [0.29, 0.717) is 28.5 Å². The SMILES string of the molecule is COc1cc(C(C)NC(=O)c2cccc(N)c2)cc(OC)c1OC. The van der Waals surface area contributed by atoms with E-state index in [2.05, 4.69) is 5.32 Å². The molecule has 0 bridgehead atoms. The van der Waals surface area contributed by atoms with Crippen LogP contribution in [0.15, 0.2) is 36.4 Å². The largest absolute Gasteiger partial charge is 0.493 e. The number of benzene rings is 2. The van der Waals surface area contributed by atoms with Crippen LogP contribution in [0.2, 0.25) is 0 Å². The molecule has 0 radical (unpaired) electrons. The van der Waals surface area contributed by atoms with Crippen molar-refractivity contribution in [2.45, 2.75) is 13.0 Å². The smallest absolute Gasteiger partial charge is 0.251 e. The van der Waals surface area contributed by atoms with Crippen molar-refractivity contribution in [3.05, 3.63) is 47.5 Å². The Morgan fingerprint density at radius 2 is 1.67 bits per heavy atom. The van der Waals surface area contributed by atoms with Gasteiger partial charge in [0.1, 0.15) is 0 Å². The summed E-state index contributed by atoms with van der Waals surface area (Å²) in [4.78, 5) is 12.4. The van der Waals surface area contributed by atoms with Crippen molar-refractivity contribution in [3.8, 4) is 17.2 Å². The van der Waals surface area contributed by atoms with E-state index in [-0.39, 0.29) is 11.9 Å². The number of hydrogen-bond acceptors (Lipinski definition) is 5. The summed E-state index contributed by atoms with van der Waals surface area (Å²) in [6.45, 7) is 1.88. The molecule has 2 aromatic carbocycles. The second kappa shape index (κ2) is 7.59. The number of rotatable bonds is 6. The molecule has 0 heterocycles. The molecule has 6 nitrogen and oxygen atoms in total. The van der Waals surface area contributed by atoms with Crippen molar-refractivity contribution in [3.63, 3.8) is 0 Å². The third kappa shape index (κ3) is 3.71. The Morgan fingerprint density at radius 1 is 1.04 bits per heavy atom. The fourth-order valence-electron chi connectivity index (χ4n) is 2.39. The molecule has 6 heteroatoms. The Balaban J connectivity index is 2.26. The minimum absolute atomic E-state index is 0.205. The molecule has 0 aromatic heterocycles. The van der Waals surface area contributed by atoms with E-state index < -0.39 is 0 Å². The van der Waals surface area contributed by atoms with Crippen LogP contribution in [-0.2, 0) is 0 Å². The van der Waals surface area contributed by atoms with Gasteiger partial charge >= 0.3 is 0 Å². The molecule has 1 unspecified atom stereocenters. The van der Waals surface area contributed by atoms with Crippen molar-refractivity contribution in [1.29, 1.82) is 0 Å². The summed E-state index contributed by atoms with van der Waals surface area (Å²) in [5.74, 6) is 1.38. The molecule has 0 spiro atoms. The van der Waals surface area contributed by atoms with Crippen LogP contribution in [0.1, 0.15) is 28.9 Å². The van der Waals surface area contributed by atoms with Crippen LogP contribution < -0.4 is 25.3 Å². The molecule has 3 N–H and O–H groups in total. The molecule has 2 rings (SSSR count). The molecule has 0 aliphatic rings. The first kappa shape index (κ1) is 17.5. The van der Waals surface area contributed by atoms with Crippen molar-refractivity contribution in [1.82, 2.24) is 5.32 Å². The number of hydrogen-bond donors (Lipinski definition) is 2. The summed E-state index contributed by atoms with van der Waals surface area (Å²) >= 11 is 0. The molecule has 0 aliphatic heterocycles. The number of carbonyl (C=O) groups is 1. The Hall–Kier alpha value is -2.89. The zero-order valence-corrected chi connectivity index (χ0v) is 14.3.